The van der Waals surface area contributed by atoms with Crippen LogP contribution in [0.4, 0.5) is 0 Å². The summed E-state index contributed by atoms with van der Waals surface area (Å²) in [5.41, 5.74) is 4.93. The number of hydrogen-bond donors (Lipinski definition) is 0. The molecule has 3 heterocycles. The minimum absolute atomic E-state index is 0.902. The first-order chi connectivity index (χ1) is 12.2. The number of aromatic nitrogens is 2. The van der Waals surface area contributed by atoms with Crippen LogP contribution >= 0.6 is 0 Å². The number of aryl methyl sites for hydroxylation is 2. The van der Waals surface area contributed by atoms with E-state index in [4.69, 9.17) is 4.42 Å². The second-order valence-electron chi connectivity index (χ2n) is 6.46. The number of benzene rings is 2. The van der Waals surface area contributed by atoms with Crippen LogP contribution in [0, 0.1) is 6.92 Å². The van der Waals surface area contributed by atoms with E-state index in [1.165, 1.54) is 10.8 Å². The Morgan fingerprint density at radius 2 is 1.68 bits per heavy atom. The lowest BCUT2D eigenvalue weighted by molar-refractivity contribution is -0.660. The number of nitrogens with zero attached hydrogens (tertiary/aromatic N) is 2. The molecule has 0 amide bonds. The molecule has 0 saturated heterocycles. The summed E-state index contributed by atoms with van der Waals surface area (Å²) in [6.45, 7) is 2.03. The summed E-state index contributed by atoms with van der Waals surface area (Å²) in [6.07, 6.45) is 3.97. The first-order valence-electron chi connectivity index (χ1n) is 8.38. The van der Waals surface area contributed by atoms with Crippen molar-refractivity contribution in [3.63, 3.8) is 0 Å². The Morgan fingerprint density at radius 1 is 0.920 bits per heavy atom. The molecule has 5 rings (SSSR count). The van der Waals surface area contributed by atoms with Gasteiger partial charge in [0.05, 0.1) is 5.69 Å². The molecule has 0 fully saturated rings. The van der Waals surface area contributed by atoms with Crippen LogP contribution in [0.15, 0.2) is 71.4 Å². The van der Waals surface area contributed by atoms with Gasteiger partial charge in [-0.05, 0) is 35.9 Å². The summed E-state index contributed by atoms with van der Waals surface area (Å²) in [5.74, 6) is 0. The van der Waals surface area contributed by atoms with Gasteiger partial charge in [-0.25, -0.2) is 4.57 Å². The smallest absolute Gasteiger partial charge is 0.217 e. The summed E-state index contributed by atoms with van der Waals surface area (Å²) >= 11 is 0. The molecule has 0 N–H and O–H groups in total. The number of rotatable bonds is 1. The highest BCUT2D eigenvalue weighted by Gasteiger charge is 2.21. The van der Waals surface area contributed by atoms with Crippen molar-refractivity contribution >= 4 is 32.7 Å². The molecule has 2 aromatic carbocycles. The summed E-state index contributed by atoms with van der Waals surface area (Å²) < 4.78 is 8.43. The van der Waals surface area contributed by atoms with Gasteiger partial charge in [-0.1, -0.05) is 24.3 Å². The fraction of sp³-hybridized carbons (Fsp3) is 0.0909. The predicted molar refractivity (Wildman–Crippen MR) is 100 cm³/mol. The Balaban J connectivity index is 1.94. The maximum Gasteiger partial charge on any atom is 0.217 e. The molecule has 3 nitrogen and oxygen atoms in total. The molecule has 0 atom stereocenters. The van der Waals surface area contributed by atoms with Gasteiger partial charge in [-0.3, -0.25) is 4.98 Å². The fourth-order valence-electron chi connectivity index (χ4n) is 3.59. The summed E-state index contributed by atoms with van der Waals surface area (Å²) in [5, 5.41) is 4.57. The maximum atomic E-state index is 6.33. The molecule has 120 valence electrons. The van der Waals surface area contributed by atoms with E-state index in [9.17, 15) is 0 Å². The number of furan rings is 1. The average Bonchev–Trinajstić information content (AvgIpc) is 2.98. The Morgan fingerprint density at radius 3 is 2.48 bits per heavy atom. The second kappa shape index (κ2) is 5.15. The van der Waals surface area contributed by atoms with Gasteiger partial charge in [0.1, 0.15) is 18.2 Å². The number of pyridine rings is 2. The zero-order valence-electron chi connectivity index (χ0n) is 14.2. The Kier molecular flexibility index (Phi) is 2.92. The fourth-order valence-corrected chi connectivity index (χ4v) is 3.59. The van der Waals surface area contributed by atoms with Crippen LogP contribution in [0.5, 0.6) is 0 Å². The topological polar surface area (TPSA) is 29.9 Å². The van der Waals surface area contributed by atoms with Gasteiger partial charge in [0.25, 0.3) is 0 Å². The van der Waals surface area contributed by atoms with Gasteiger partial charge in [-0.15, -0.1) is 0 Å². The first-order valence-corrected chi connectivity index (χ1v) is 8.38. The third-order valence-corrected chi connectivity index (χ3v) is 4.88. The van der Waals surface area contributed by atoms with E-state index in [1.807, 2.05) is 38.5 Å². The normalized spacial score (nSPS) is 11.6. The highest BCUT2D eigenvalue weighted by atomic mass is 16.3. The zero-order chi connectivity index (χ0) is 17.0. The van der Waals surface area contributed by atoms with Crippen LogP contribution in [-0.2, 0) is 7.05 Å². The maximum absolute atomic E-state index is 6.33. The summed E-state index contributed by atoms with van der Waals surface area (Å²) in [6, 6.07) is 18.9. The number of fused-ring (bicyclic) bond motifs is 4. The van der Waals surface area contributed by atoms with Crippen molar-refractivity contribution < 1.29 is 8.98 Å². The second-order valence-corrected chi connectivity index (χ2v) is 6.46. The van der Waals surface area contributed by atoms with Crippen molar-refractivity contribution in [1.29, 1.82) is 0 Å². The van der Waals surface area contributed by atoms with Crippen molar-refractivity contribution in [3.05, 3.63) is 72.7 Å². The average molecular weight is 325 g/mol. The van der Waals surface area contributed by atoms with E-state index < -0.39 is 0 Å². The van der Waals surface area contributed by atoms with Crippen LogP contribution < -0.4 is 4.57 Å². The highest BCUT2D eigenvalue weighted by Crippen LogP contribution is 2.37. The molecule has 0 spiro atoms. The molecular weight excluding hydrogens is 308 g/mol. The van der Waals surface area contributed by atoms with Gasteiger partial charge in [0.15, 0.2) is 11.8 Å². The van der Waals surface area contributed by atoms with E-state index in [1.54, 1.807) is 0 Å². The Bertz CT molecular complexity index is 1270. The van der Waals surface area contributed by atoms with Crippen molar-refractivity contribution in [2.45, 2.75) is 6.92 Å². The minimum atomic E-state index is 0.902. The van der Waals surface area contributed by atoms with Gasteiger partial charge in [-0.2, -0.15) is 0 Å². The quantitative estimate of drug-likeness (QED) is 0.409. The largest absolute Gasteiger partial charge is 0.455 e. The lowest BCUT2D eigenvalue weighted by Gasteiger charge is -2.04. The molecule has 3 aromatic heterocycles. The molecular formula is C22H17N2O+. The van der Waals surface area contributed by atoms with Crippen molar-refractivity contribution in [3.8, 4) is 11.3 Å². The van der Waals surface area contributed by atoms with Crippen molar-refractivity contribution in [2.24, 2.45) is 7.05 Å². The monoisotopic (exact) mass is 325 g/mol. The molecule has 0 saturated carbocycles. The lowest BCUT2D eigenvalue weighted by atomic mass is 10.0. The third-order valence-electron chi connectivity index (χ3n) is 4.88. The molecule has 25 heavy (non-hydrogen) atoms. The van der Waals surface area contributed by atoms with Crippen LogP contribution in [-0.4, -0.2) is 4.98 Å². The summed E-state index contributed by atoms with van der Waals surface area (Å²) in [4.78, 5) is 4.65. The van der Waals surface area contributed by atoms with Gasteiger partial charge in [0, 0.05) is 29.1 Å². The van der Waals surface area contributed by atoms with Crippen molar-refractivity contribution in [2.75, 3.05) is 0 Å². The third kappa shape index (κ3) is 2.06. The molecule has 3 heteroatoms. The molecule has 0 aliphatic heterocycles. The van der Waals surface area contributed by atoms with E-state index in [0.29, 0.717) is 0 Å². The first kappa shape index (κ1) is 14.2. The van der Waals surface area contributed by atoms with Gasteiger partial charge < -0.3 is 4.42 Å². The standard InChI is InChI=1S/C22H17N2O/c1-14-21(19-9-5-6-10-24(19)2)22-18(13-23-14)17-11-15-7-3-4-8-16(15)12-20(17)25-22/h3-13H,1-2H3/q+1. The molecule has 5 aromatic rings. The van der Waals surface area contributed by atoms with Gasteiger partial charge >= 0.3 is 0 Å². The molecule has 0 aliphatic carbocycles. The van der Waals surface area contributed by atoms with Crippen molar-refractivity contribution in [1.82, 2.24) is 4.98 Å². The SMILES string of the molecule is Cc1ncc2c(oc3cc4ccccc4cc32)c1-c1cccc[n+]1C. The van der Waals surface area contributed by atoms with Gasteiger partial charge in [0.2, 0.25) is 5.69 Å². The molecule has 0 unspecified atom stereocenters. The molecule has 0 bridgehead atoms. The van der Waals surface area contributed by atoms with E-state index in [0.717, 1.165) is 38.9 Å². The van der Waals surface area contributed by atoms with E-state index in [2.05, 4.69) is 52.0 Å². The minimum Gasteiger partial charge on any atom is -0.455 e. The van der Waals surface area contributed by atoms with Crippen LogP contribution in [0.2, 0.25) is 0 Å². The van der Waals surface area contributed by atoms with Crippen LogP contribution in [0.3, 0.4) is 0 Å². The Hall–Kier alpha value is -3.20. The van der Waals surface area contributed by atoms with E-state index >= 15 is 0 Å². The zero-order valence-corrected chi connectivity index (χ0v) is 14.2. The Labute approximate surface area is 145 Å². The van der Waals surface area contributed by atoms with E-state index in [-0.39, 0.29) is 0 Å². The number of hydrogen-bond acceptors (Lipinski definition) is 2. The lowest BCUT2D eigenvalue weighted by Crippen LogP contribution is -2.30. The molecule has 0 aliphatic rings. The highest BCUT2D eigenvalue weighted by molar-refractivity contribution is 6.12. The van der Waals surface area contributed by atoms with Crippen LogP contribution in [0.1, 0.15) is 5.69 Å². The summed E-state index contributed by atoms with van der Waals surface area (Å²) in [7, 11) is 2.05. The van der Waals surface area contributed by atoms with Crippen LogP contribution in [0.25, 0.3) is 44.0 Å². The molecule has 0 radical (unpaired) electrons. The predicted octanol–water partition coefficient (Wildman–Crippen LogP) is 4.93.